The van der Waals surface area contributed by atoms with Crippen molar-refractivity contribution in [2.45, 2.75) is 88.3 Å². The molecule has 4 rings (SSSR count). The number of ether oxygens (including phenoxy) is 1. The van der Waals surface area contributed by atoms with Gasteiger partial charge >= 0.3 is 0 Å². The van der Waals surface area contributed by atoms with Crippen LogP contribution < -0.4 is 15.4 Å². The molecule has 2 heterocycles. The van der Waals surface area contributed by atoms with Crippen molar-refractivity contribution < 1.29 is 22.7 Å². The van der Waals surface area contributed by atoms with Crippen molar-refractivity contribution in [2.24, 2.45) is 0 Å². The smallest absolute Gasteiger partial charge is 0.265 e. The fraction of sp³-hybridized carbons (Fsp3) is 0.636. The van der Waals surface area contributed by atoms with Crippen LogP contribution in [-0.4, -0.2) is 49.3 Å². The molecule has 1 aromatic rings. The number of fused-ring (bicyclic) bond motifs is 1. The number of rotatable bonds is 4. The Balaban J connectivity index is 1.57. The lowest BCUT2D eigenvalue weighted by atomic mass is 10.1. The van der Waals surface area contributed by atoms with E-state index in [1.54, 1.807) is 19.9 Å². The Kier molecular flexibility index (Phi) is 6.25. The number of carbonyl (C=O) groups excluding carboxylic acids is 2. The first kappa shape index (κ1) is 22.1. The molecule has 0 bridgehead atoms. The zero-order valence-corrected chi connectivity index (χ0v) is 19.0. The number of sulfonamides is 1. The van der Waals surface area contributed by atoms with E-state index in [0.29, 0.717) is 36.4 Å². The number of nitrogens with zero attached hydrogens (tertiary/aromatic N) is 1. The molecular weight excluding hydrogens is 418 g/mol. The third-order valence-electron chi connectivity index (χ3n) is 6.50. The van der Waals surface area contributed by atoms with Gasteiger partial charge in [0, 0.05) is 18.7 Å². The van der Waals surface area contributed by atoms with Gasteiger partial charge in [0.2, 0.25) is 15.9 Å². The van der Waals surface area contributed by atoms with Gasteiger partial charge in [-0.1, -0.05) is 25.7 Å². The van der Waals surface area contributed by atoms with Gasteiger partial charge in [-0.15, -0.1) is 0 Å². The van der Waals surface area contributed by atoms with Crippen molar-refractivity contribution in [3.8, 4) is 5.75 Å². The quantitative estimate of drug-likeness (QED) is 0.688. The summed E-state index contributed by atoms with van der Waals surface area (Å²) in [5.74, 6) is -0.132. The fourth-order valence-corrected chi connectivity index (χ4v) is 6.64. The lowest BCUT2D eigenvalue weighted by Crippen LogP contribution is -2.48. The highest BCUT2D eigenvalue weighted by Crippen LogP contribution is 2.37. The van der Waals surface area contributed by atoms with Crippen LogP contribution >= 0.6 is 0 Å². The highest BCUT2D eigenvalue weighted by Gasteiger charge is 2.41. The molecule has 0 radical (unpaired) electrons. The van der Waals surface area contributed by atoms with E-state index in [1.165, 1.54) is 23.2 Å². The molecule has 170 valence electrons. The molecule has 2 atom stereocenters. The maximum Gasteiger partial charge on any atom is 0.265 e. The molecule has 1 aliphatic carbocycles. The van der Waals surface area contributed by atoms with Crippen LogP contribution in [0.1, 0.15) is 63.9 Å². The number of aryl methyl sites for hydroxylation is 1. The SMILES string of the molecule is Cc1cc2c(cc1S(=O)(=O)N1CCC[C@@H]1C(=O)NC1CCCCCC1)O[C@@H](C)C(=O)N2. The average molecular weight is 450 g/mol. The average Bonchev–Trinajstić information content (AvgIpc) is 3.09. The van der Waals surface area contributed by atoms with Crippen molar-refractivity contribution >= 4 is 27.5 Å². The fourth-order valence-electron chi connectivity index (χ4n) is 4.76. The van der Waals surface area contributed by atoms with Crippen LogP contribution in [0.4, 0.5) is 5.69 Å². The third kappa shape index (κ3) is 4.43. The first-order valence-electron chi connectivity index (χ1n) is 11.2. The van der Waals surface area contributed by atoms with E-state index in [1.807, 2.05) is 0 Å². The maximum absolute atomic E-state index is 13.6. The van der Waals surface area contributed by atoms with E-state index < -0.39 is 22.2 Å². The van der Waals surface area contributed by atoms with Crippen LogP contribution in [0.5, 0.6) is 5.75 Å². The molecule has 2 aliphatic heterocycles. The summed E-state index contributed by atoms with van der Waals surface area (Å²) in [6, 6.07) is 2.52. The Hall–Kier alpha value is -2.13. The molecule has 0 aromatic heterocycles. The Morgan fingerprint density at radius 1 is 1.13 bits per heavy atom. The molecule has 31 heavy (non-hydrogen) atoms. The molecule has 3 aliphatic rings. The van der Waals surface area contributed by atoms with Gasteiger partial charge in [0.05, 0.1) is 10.6 Å². The first-order valence-corrected chi connectivity index (χ1v) is 12.7. The first-order chi connectivity index (χ1) is 14.8. The number of nitrogens with one attached hydrogen (secondary N) is 2. The number of anilines is 1. The molecule has 2 N–H and O–H groups in total. The second-order valence-corrected chi connectivity index (χ2v) is 10.7. The highest BCUT2D eigenvalue weighted by atomic mass is 32.2. The van der Waals surface area contributed by atoms with Gasteiger partial charge in [-0.2, -0.15) is 4.31 Å². The number of benzene rings is 1. The predicted molar refractivity (Wildman–Crippen MR) is 116 cm³/mol. The summed E-state index contributed by atoms with van der Waals surface area (Å²) in [7, 11) is -3.90. The largest absolute Gasteiger partial charge is 0.479 e. The summed E-state index contributed by atoms with van der Waals surface area (Å²) in [5.41, 5.74) is 0.968. The summed E-state index contributed by atoms with van der Waals surface area (Å²) in [5, 5.41) is 5.85. The second-order valence-electron chi connectivity index (χ2n) is 8.83. The number of hydrogen-bond donors (Lipinski definition) is 2. The number of carbonyl (C=O) groups is 2. The van der Waals surface area contributed by atoms with E-state index in [0.717, 1.165) is 25.7 Å². The number of amides is 2. The van der Waals surface area contributed by atoms with Gasteiger partial charge in [-0.25, -0.2) is 8.42 Å². The Labute approximate surface area is 183 Å². The minimum atomic E-state index is -3.90. The monoisotopic (exact) mass is 449 g/mol. The minimum Gasteiger partial charge on any atom is -0.479 e. The third-order valence-corrected chi connectivity index (χ3v) is 8.55. The predicted octanol–water partition coefficient (Wildman–Crippen LogP) is 2.71. The van der Waals surface area contributed by atoms with Gasteiger partial charge < -0.3 is 15.4 Å². The summed E-state index contributed by atoms with van der Waals surface area (Å²) in [4.78, 5) is 25.0. The van der Waals surface area contributed by atoms with Crippen molar-refractivity contribution in [1.82, 2.24) is 9.62 Å². The van der Waals surface area contributed by atoms with Crippen LogP contribution in [0.15, 0.2) is 17.0 Å². The maximum atomic E-state index is 13.6. The van der Waals surface area contributed by atoms with Gasteiger partial charge in [0.25, 0.3) is 5.91 Å². The van der Waals surface area contributed by atoms with E-state index in [-0.39, 0.29) is 22.8 Å². The van der Waals surface area contributed by atoms with Crippen LogP contribution in [0.3, 0.4) is 0 Å². The molecule has 0 spiro atoms. The lowest BCUT2D eigenvalue weighted by Gasteiger charge is -2.28. The Morgan fingerprint density at radius 3 is 2.55 bits per heavy atom. The van der Waals surface area contributed by atoms with Crippen LogP contribution in [0, 0.1) is 6.92 Å². The summed E-state index contributed by atoms with van der Waals surface area (Å²) < 4.78 is 34.0. The molecular formula is C22H31N3O5S. The van der Waals surface area contributed by atoms with Gasteiger partial charge in [-0.05, 0) is 51.2 Å². The van der Waals surface area contributed by atoms with Gasteiger partial charge in [-0.3, -0.25) is 9.59 Å². The van der Waals surface area contributed by atoms with Crippen LogP contribution in [-0.2, 0) is 19.6 Å². The second kappa shape index (κ2) is 8.78. The molecule has 8 nitrogen and oxygen atoms in total. The summed E-state index contributed by atoms with van der Waals surface area (Å²) in [6.07, 6.45) is 6.95. The summed E-state index contributed by atoms with van der Waals surface area (Å²) >= 11 is 0. The van der Waals surface area contributed by atoms with E-state index >= 15 is 0 Å². The highest BCUT2D eigenvalue weighted by molar-refractivity contribution is 7.89. The minimum absolute atomic E-state index is 0.115. The Morgan fingerprint density at radius 2 is 1.84 bits per heavy atom. The molecule has 2 amide bonds. The molecule has 0 unspecified atom stereocenters. The lowest BCUT2D eigenvalue weighted by molar-refractivity contribution is -0.125. The molecule has 1 aromatic carbocycles. The Bertz CT molecular complexity index is 970. The van der Waals surface area contributed by atoms with E-state index in [9.17, 15) is 18.0 Å². The summed E-state index contributed by atoms with van der Waals surface area (Å²) in [6.45, 7) is 3.62. The molecule has 9 heteroatoms. The van der Waals surface area contributed by atoms with E-state index in [2.05, 4.69) is 10.6 Å². The normalized spacial score (nSPS) is 25.3. The zero-order chi connectivity index (χ0) is 22.2. The number of hydrogen-bond acceptors (Lipinski definition) is 5. The standard InChI is InChI=1S/C22H31N3O5S/c1-14-12-17-19(30-15(2)21(26)24-17)13-20(14)31(28,29)25-11-7-10-18(25)22(27)23-16-8-5-3-4-6-9-16/h12-13,15-16,18H,3-11H2,1-2H3,(H,23,27)(H,24,26)/t15-,18+/m0/s1. The van der Waals surface area contributed by atoms with Gasteiger partial charge in [0.15, 0.2) is 6.10 Å². The molecule has 2 fully saturated rings. The topological polar surface area (TPSA) is 105 Å². The molecule has 1 saturated carbocycles. The van der Waals surface area contributed by atoms with Crippen molar-refractivity contribution in [2.75, 3.05) is 11.9 Å². The van der Waals surface area contributed by atoms with Crippen molar-refractivity contribution in [3.05, 3.63) is 17.7 Å². The van der Waals surface area contributed by atoms with Crippen LogP contribution in [0.25, 0.3) is 0 Å². The zero-order valence-electron chi connectivity index (χ0n) is 18.1. The van der Waals surface area contributed by atoms with Crippen molar-refractivity contribution in [1.29, 1.82) is 0 Å². The molecule has 1 saturated heterocycles. The van der Waals surface area contributed by atoms with Crippen molar-refractivity contribution in [3.63, 3.8) is 0 Å². The van der Waals surface area contributed by atoms with E-state index in [4.69, 9.17) is 4.74 Å². The van der Waals surface area contributed by atoms with Gasteiger partial charge in [0.1, 0.15) is 11.8 Å². The van der Waals surface area contributed by atoms with Crippen LogP contribution in [0.2, 0.25) is 0 Å².